The van der Waals surface area contributed by atoms with Crippen molar-refractivity contribution in [2.24, 2.45) is 0 Å². The minimum atomic E-state index is -1.69. The Bertz CT molecular complexity index is 433. The average molecular weight is 325 g/mol. The molecule has 21 heavy (non-hydrogen) atoms. The second-order valence-electron chi connectivity index (χ2n) is 5.17. The van der Waals surface area contributed by atoms with Gasteiger partial charge in [0.15, 0.2) is 0 Å². The minimum Gasteiger partial charge on any atom is -0.518 e. The molecule has 0 fully saturated rings. The van der Waals surface area contributed by atoms with Crippen molar-refractivity contribution >= 4 is 20.1 Å². The third kappa shape index (κ3) is 5.44. The fourth-order valence-corrected chi connectivity index (χ4v) is 5.05. The highest BCUT2D eigenvalue weighted by Crippen LogP contribution is 2.29. The molecule has 0 amide bonds. The normalized spacial score (nSPS) is 12.8. The molecule has 0 unspecified atom stereocenters. The number of thioether (sulfide) groups is 1. The van der Waals surface area contributed by atoms with E-state index < -0.39 is 8.32 Å². The highest BCUT2D eigenvalue weighted by molar-refractivity contribution is 8.02. The van der Waals surface area contributed by atoms with Crippen molar-refractivity contribution in [3.63, 3.8) is 0 Å². The van der Waals surface area contributed by atoms with Crippen molar-refractivity contribution < 1.29 is 9.16 Å². The van der Waals surface area contributed by atoms with Crippen molar-refractivity contribution in [2.75, 3.05) is 6.26 Å². The zero-order valence-corrected chi connectivity index (χ0v) is 15.8. The van der Waals surface area contributed by atoms with Crippen LogP contribution in [0, 0.1) is 0 Å². The summed E-state index contributed by atoms with van der Waals surface area (Å²) >= 11 is 1.69. The van der Waals surface area contributed by atoms with Crippen molar-refractivity contribution in [1.82, 2.24) is 0 Å². The molecule has 118 valence electrons. The maximum atomic E-state index is 6.44. The first kappa shape index (κ1) is 18.2. The van der Waals surface area contributed by atoms with Crippen molar-refractivity contribution in [3.8, 4) is 0 Å². The van der Waals surface area contributed by atoms with Gasteiger partial charge in [-0.05, 0) is 36.9 Å². The number of hydrogen-bond donors (Lipinski definition) is 0. The standard InChI is InChI=1S/C17H28O2SSi/c1-6-21(7-2,8-3)19-17(15(4)20-5)18-14-16-12-10-9-11-13-16/h9-13H,6-8,14H2,1-5H3/b17-15+. The molecule has 0 saturated carbocycles. The van der Waals surface area contributed by atoms with Gasteiger partial charge in [-0.2, -0.15) is 0 Å². The van der Waals surface area contributed by atoms with Crippen LogP contribution < -0.4 is 0 Å². The first-order chi connectivity index (χ1) is 10.1. The lowest BCUT2D eigenvalue weighted by atomic mass is 10.2. The molecule has 0 spiro atoms. The molecule has 2 nitrogen and oxygen atoms in total. The lowest BCUT2D eigenvalue weighted by molar-refractivity contribution is 0.0879. The Balaban J connectivity index is 2.83. The lowest BCUT2D eigenvalue weighted by Gasteiger charge is -2.30. The molecule has 0 radical (unpaired) electrons. The Labute approximate surface area is 135 Å². The monoisotopic (exact) mass is 324 g/mol. The van der Waals surface area contributed by atoms with Gasteiger partial charge in [0.2, 0.25) is 0 Å². The molecular weight excluding hydrogens is 296 g/mol. The van der Waals surface area contributed by atoms with Gasteiger partial charge >= 0.3 is 0 Å². The summed E-state index contributed by atoms with van der Waals surface area (Å²) in [7, 11) is -1.69. The van der Waals surface area contributed by atoms with Gasteiger partial charge in [0.25, 0.3) is 14.3 Å². The van der Waals surface area contributed by atoms with Crippen LogP contribution in [0.2, 0.25) is 18.1 Å². The van der Waals surface area contributed by atoms with Gasteiger partial charge in [-0.15, -0.1) is 11.8 Å². The number of benzene rings is 1. The van der Waals surface area contributed by atoms with E-state index >= 15 is 0 Å². The topological polar surface area (TPSA) is 18.5 Å². The Morgan fingerprint density at radius 2 is 1.62 bits per heavy atom. The summed E-state index contributed by atoms with van der Waals surface area (Å²) in [6, 6.07) is 13.6. The third-order valence-electron chi connectivity index (χ3n) is 4.05. The molecule has 0 saturated heterocycles. The van der Waals surface area contributed by atoms with E-state index in [2.05, 4.69) is 46.1 Å². The molecule has 0 aliphatic carbocycles. The summed E-state index contributed by atoms with van der Waals surface area (Å²) in [5, 5.41) is 0. The summed E-state index contributed by atoms with van der Waals surface area (Å²) in [5.41, 5.74) is 1.17. The Kier molecular flexibility index (Phi) is 7.97. The van der Waals surface area contributed by atoms with Crippen molar-refractivity contribution in [1.29, 1.82) is 0 Å². The van der Waals surface area contributed by atoms with E-state index in [-0.39, 0.29) is 0 Å². The quantitative estimate of drug-likeness (QED) is 0.424. The third-order valence-corrected chi connectivity index (χ3v) is 9.31. The Morgan fingerprint density at radius 1 is 1.05 bits per heavy atom. The van der Waals surface area contributed by atoms with Gasteiger partial charge < -0.3 is 9.16 Å². The van der Waals surface area contributed by atoms with E-state index in [4.69, 9.17) is 9.16 Å². The summed E-state index contributed by atoms with van der Waals surface area (Å²) in [6.45, 7) is 9.36. The fourth-order valence-electron chi connectivity index (χ4n) is 2.17. The van der Waals surface area contributed by atoms with Crippen LogP contribution in [-0.2, 0) is 15.8 Å². The Morgan fingerprint density at radius 3 is 2.10 bits per heavy atom. The van der Waals surface area contributed by atoms with E-state index in [1.807, 2.05) is 18.2 Å². The molecule has 0 N–H and O–H groups in total. The van der Waals surface area contributed by atoms with Crippen LogP contribution in [0.5, 0.6) is 0 Å². The zero-order chi connectivity index (χ0) is 15.7. The largest absolute Gasteiger partial charge is 0.518 e. The molecular formula is C17H28O2SSi. The van der Waals surface area contributed by atoms with Crippen LogP contribution in [0.25, 0.3) is 0 Å². The van der Waals surface area contributed by atoms with Gasteiger partial charge in [-0.25, -0.2) is 0 Å². The van der Waals surface area contributed by atoms with E-state index in [0.717, 1.165) is 29.0 Å². The fraction of sp³-hybridized carbons (Fsp3) is 0.529. The maximum Gasteiger partial charge on any atom is 0.275 e. The second-order valence-corrected chi connectivity index (χ2v) is 10.9. The molecule has 0 aliphatic heterocycles. The SMILES string of the molecule is CC[Si](CC)(CC)O/C(OCc1ccccc1)=C(\C)SC. The maximum absolute atomic E-state index is 6.44. The van der Waals surface area contributed by atoms with Gasteiger partial charge in [0.1, 0.15) is 6.61 Å². The first-order valence-corrected chi connectivity index (χ1v) is 11.5. The molecule has 0 aliphatic rings. The summed E-state index contributed by atoms with van der Waals surface area (Å²) < 4.78 is 12.4. The van der Waals surface area contributed by atoms with E-state index in [1.165, 1.54) is 5.56 Å². The molecule has 0 heterocycles. The summed E-state index contributed by atoms with van der Waals surface area (Å²) in [4.78, 5) is 1.12. The summed E-state index contributed by atoms with van der Waals surface area (Å²) in [5.74, 6) is 0.739. The molecule has 1 rings (SSSR count). The number of allylic oxidation sites excluding steroid dienone is 1. The summed E-state index contributed by atoms with van der Waals surface area (Å²) in [6.07, 6.45) is 2.07. The second kappa shape index (κ2) is 9.21. The van der Waals surface area contributed by atoms with Gasteiger partial charge in [-0.3, -0.25) is 0 Å². The van der Waals surface area contributed by atoms with Crippen LogP contribution in [0.3, 0.4) is 0 Å². The smallest absolute Gasteiger partial charge is 0.275 e. The van der Waals surface area contributed by atoms with Crippen LogP contribution >= 0.6 is 11.8 Å². The van der Waals surface area contributed by atoms with Gasteiger partial charge in [0.05, 0.1) is 4.91 Å². The van der Waals surface area contributed by atoms with Crippen LogP contribution in [-0.4, -0.2) is 14.6 Å². The Hall–Kier alpha value is -0.873. The molecule has 1 aromatic rings. The number of ether oxygens (including phenoxy) is 1. The van der Waals surface area contributed by atoms with Crippen LogP contribution in [0.15, 0.2) is 41.2 Å². The first-order valence-electron chi connectivity index (χ1n) is 7.71. The van der Waals surface area contributed by atoms with Gasteiger partial charge in [0, 0.05) is 0 Å². The highest BCUT2D eigenvalue weighted by Gasteiger charge is 2.32. The predicted molar refractivity (Wildman–Crippen MR) is 95.7 cm³/mol. The predicted octanol–water partition coefficient (Wildman–Crippen LogP) is 5.78. The molecule has 4 heteroatoms. The molecule has 1 aromatic carbocycles. The molecule has 0 bridgehead atoms. The van der Waals surface area contributed by atoms with E-state index in [1.54, 1.807) is 11.8 Å². The van der Waals surface area contributed by atoms with Crippen molar-refractivity contribution in [2.45, 2.75) is 52.4 Å². The zero-order valence-electron chi connectivity index (χ0n) is 13.9. The number of rotatable bonds is 9. The van der Waals surface area contributed by atoms with Crippen molar-refractivity contribution in [3.05, 3.63) is 46.7 Å². The number of hydrogen-bond acceptors (Lipinski definition) is 3. The minimum absolute atomic E-state index is 0.565. The van der Waals surface area contributed by atoms with Gasteiger partial charge in [-0.1, -0.05) is 51.1 Å². The highest BCUT2D eigenvalue weighted by atomic mass is 32.2. The molecule has 0 atom stereocenters. The van der Waals surface area contributed by atoms with Crippen LogP contribution in [0.1, 0.15) is 33.3 Å². The van der Waals surface area contributed by atoms with E-state index in [9.17, 15) is 0 Å². The average Bonchev–Trinajstić information content (AvgIpc) is 2.56. The molecule has 0 aromatic heterocycles. The van der Waals surface area contributed by atoms with E-state index in [0.29, 0.717) is 6.61 Å². The van der Waals surface area contributed by atoms with Crippen LogP contribution in [0.4, 0.5) is 0 Å². The lowest BCUT2D eigenvalue weighted by Crippen LogP contribution is -2.36.